The van der Waals surface area contributed by atoms with Gasteiger partial charge in [0.05, 0.1) is 17.6 Å². The number of rotatable bonds is 5. The van der Waals surface area contributed by atoms with E-state index in [1.54, 1.807) is 0 Å². The van der Waals surface area contributed by atoms with E-state index in [-0.39, 0.29) is 6.54 Å². The van der Waals surface area contributed by atoms with Crippen LogP contribution in [0.2, 0.25) is 0 Å². The maximum absolute atomic E-state index is 10.9. The van der Waals surface area contributed by atoms with Crippen LogP contribution in [0, 0.1) is 5.41 Å². The lowest BCUT2D eigenvalue weighted by molar-refractivity contribution is -0.222. The van der Waals surface area contributed by atoms with E-state index in [0.717, 1.165) is 5.06 Å². The molecule has 86 valence electrons. The van der Waals surface area contributed by atoms with E-state index in [2.05, 4.69) is 0 Å². The number of amides is 1. The Morgan fingerprint density at radius 2 is 2.07 bits per heavy atom. The van der Waals surface area contributed by atoms with Crippen LogP contribution in [0.3, 0.4) is 0 Å². The molecule has 1 rings (SSSR count). The number of hydroxylamine groups is 2. The normalized spacial score (nSPS) is 18.3. The van der Waals surface area contributed by atoms with Crippen molar-refractivity contribution in [1.29, 1.82) is 0 Å². The maximum atomic E-state index is 10.9. The van der Waals surface area contributed by atoms with Crippen LogP contribution in [0.4, 0.5) is 0 Å². The van der Waals surface area contributed by atoms with Crippen LogP contribution in [-0.2, 0) is 14.4 Å². The van der Waals surface area contributed by atoms with E-state index in [1.165, 1.54) is 0 Å². The number of aliphatic carboxylic acids is 1. The van der Waals surface area contributed by atoms with E-state index in [9.17, 15) is 9.59 Å². The molecule has 0 aliphatic heterocycles. The molecule has 1 aliphatic rings. The minimum absolute atomic E-state index is 0.128. The highest BCUT2D eigenvalue weighted by Crippen LogP contribution is 2.46. The Bertz CT molecular complexity index is 265. The predicted molar refractivity (Wildman–Crippen MR) is 52.9 cm³/mol. The van der Waals surface area contributed by atoms with Gasteiger partial charge < -0.3 is 5.11 Å². The lowest BCUT2D eigenvalue weighted by atomic mass is 10.1. The quantitative estimate of drug-likeness (QED) is 0.549. The average molecular weight is 215 g/mol. The first-order valence-electron chi connectivity index (χ1n) is 4.94. The molecule has 0 heterocycles. The van der Waals surface area contributed by atoms with Gasteiger partial charge in [-0.2, -0.15) is 0 Å². The van der Waals surface area contributed by atoms with Crippen molar-refractivity contribution in [2.24, 2.45) is 5.41 Å². The molecule has 0 radical (unpaired) electrons. The highest BCUT2D eigenvalue weighted by molar-refractivity contribution is 5.78. The summed E-state index contributed by atoms with van der Waals surface area (Å²) in [7, 11) is 0. The first-order valence-corrected chi connectivity index (χ1v) is 4.94. The Labute approximate surface area is 89.0 Å². The molecule has 5 nitrogen and oxygen atoms in total. The number of hydrogen-bond acceptors (Lipinski definition) is 3. The van der Waals surface area contributed by atoms with E-state index < -0.39 is 17.0 Å². The molecule has 1 amide bonds. The largest absolute Gasteiger partial charge is 0.481 e. The zero-order valence-electron chi connectivity index (χ0n) is 9.32. The van der Waals surface area contributed by atoms with Crippen LogP contribution >= 0.6 is 0 Å². The minimum atomic E-state index is -0.855. The van der Waals surface area contributed by atoms with Crippen molar-refractivity contribution >= 4 is 12.4 Å². The van der Waals surface area contributed by atoms with Crippen LogP contribution in [0.5, 0.6) is 0 Å². The Kier molecular flexibility index (Phi) is 3.04. The lowest BCUT2D eigenvalue weighted by Gasteiger charge is -2.28. The Morgan fingerprint density at radius 3 is 2.33 bits per heavy atom. The van der Waals surface area contributed by atoms with Gasteiger partial charge in [0.15, 0.2) is 0 Å². The van der Waals surface area contributed by atoms with Crippen molar-refractivity contribution in [2.45, 2.75) is 39.2 Å². The molecule has 0 aromatic rings. The second kappa shape index (κ2) is 3.81. The summed E-state index contributed by atoms with van der Waals surface area (Å²) in [4.78, 5) is 26.9. The molecule has 1 fully saturated rings. The molecule has 15 heavy (non-hydrogen) atoms. The first-order chi connectivity index (χ1) is 6.79. The SMILES string of the molecule is CC(C)(C)ON(C=O)CC1(C(=O)O)CC1. The van der Waals surface area contributed by atoms with E-state index in [1.807, 2.05) is 20.8 Å². The standard InChI is InChI=1S/C10H17NO4/c1-9(2,3)15-11(7-12)6-10(4-5-10)8(13)14/h7H,4-6H2,1-3H3,(H,13,14). The van der Waals surface area contributed by atoms with Gasteiger partial charge in [0.2, 0.25) is 6.41 Å². The van der Waals surface area contributed by atoms with Gasteiger partial charge >= 0.3 is 5.97 Å². The summed E-state index contributed by atoms with van der Waals surface area (Å²) >= 11 is 0. The summed E-state index contributed by atoms with van der Waals surface area (Å²) in [6.07, 6.45) is 1.76. The fourth-order valence-electron chi connectivity index (χ4n) is 1.33. The van der Waals surface area contributed by atoms with Crippen molar-refractivity contribution in [3.63, 3.8) is 0 Å². The highest BCUT2D eigenvalue weighted by atomic mass is 16.7. The molecule has 0 spiro atoms. The van der Waals surface area contributed by atoms with Crippen molar-refractivity contribution < 1.29 is 19.5 Å². The molecule has 0 atom stereocenters. The molecule has 0 bridgehead atoms. The summed E-state index contributed by atoms with van der Waals surface area (Å²) in [6.45, 7) is 5.56. The van der Waals surface area contributed by atoms with Crippen molar-refractivity contribution in [1.82, 2.24) is 5.06 Å². The fourth-order valence-corrected chi connectivity index (χ4v) is 1.33. The second-order valence-electron chi connectivity index (χ2n) is 4.97. The van der Waals surface area contributed by atoms with Crippen molar-refractivity contribution in [3.05, 3.63) is 0 Å². The van der Waals surface area contributed by atoms with E-state index in [4.69, 9.17) is 9.94 Å². The Balaban J connectivity index is 2.55. The van der Waals surface area contributed by atoms with Gasteiger partial charge in [-0.25, -0.2) is 5.06 Å². The molecular formula is C10H17NO4. The Morgan fingerprint density at radius 1 is 1.53 bits per heavy atom. The molecule has 0 saturated heterocycles. The van der Waals surface area contributed by atoms with Crippen molar-refractivity contribution in [2.75, 3.05) is 6.54 Å². The van der Waals surface area contributed by atoms with Crippen molar-refractivity contribution in [3.8, 4) is 0 Å². The fraction of sp³-hybridized carbons (Fsp3) is 0.800. The van der Waals surface area contributed by atoms with E-state index in [0.29, 0.717) is 19.3 Å². The van der Waals surface area contributed by atoms with Gasteiger partial charge in [-0.1, -0.05) is 0 Å². The zero-order chi connectivity index (χ0) is 11.7. The number of carbonyl (C=O) groups excluding carboxylic acids is 1. The number of carboxylic acid groups (broad SMARTS) is 1. The number of carboxylic acids is 1. The Hall–Kier alpha value is -1.10. The molecule has 0 aromatic carbocycles. The first kappa shape index (κ1) is 12.0. The molecule has 0 unspecified atom stereocenters. The molecule has 1 aliphatic carbocycles. The molecular weight excluding hydrogens is 198 g/mol. The minimum Gasteiger partial charge on any atom is -0.481 e. The van der Waals surface area contributed by atoms with Gasteiger partial charge in [-0.3, -0.25) is 14.4 Å². The zero-order valence-corrected chi connectivity index (χ0v) is 9.32. The third-order valence-electron chi connectivity index (χ3n) is 2.27. The number of hydrogen-bond donors (Lipinski definition) is 1. The third kappa shape index (κ3) is 3.20. The molecule has 1 N–H and O–H groups in total. The maximum Gasteiger partial charge on any atom is 0.311 e. The van der Waals surface area contributed by atoms with Crippen LogP contribution in [0.15, 0.2) is 0 Å². The van der Waals surface area contributed by atoms with Gasteiger partial charge in [-0.15, -0.1) is 0 Å². The van der Waals surface area contributed by atoms with Gasteiger partial charge in [0, 0.05) is 0 Å². The topological polar surface area (TPSA) is 66.8 Å². The summed E-state index contributed by atoms with van der Waals surface area (Å²) in [5.41, 5.74) is -1.26. The number of nitrogens with zero attached hydrogens (tertiary/aromatic N) is 1. The summed E-state index contributed by atoms with van der Waals surface area (Å²) in [5, 5.41) is 10.0. The molecule has 5 heteroatoms. The van der Waals surface area contributed by atoms with Crippen LogP contribution in [-0.4, -0.2) is 34.7 Å². The summed E-state index contributed by atoms with van der Waals surface area (Å²) in [6, 6.07) is 0. The van der Waals surface area contributed by atoms with Crippen LogP contribution in [0.1, 0.15) is 33.6 Å². The average Bonchev–Trinajstić information content (AvgIpc) is 2.82. The summed E-state index contributed by atoms with van der Waals surface area (Å²) in [5.74, 6) is -0.855. The summed E-state index contributed by atoms with van der Waals surface area (Å²) < 4.78 is 0. The van der Waals surface area contributed by atoms with Gasteiger partial charge in [0.25, 0.3) is 0 Å². The van der Waals surface area contributed by atoms with Gasteiger partial charge in [0.1, 0.15) is 0 Å². The predicted octanol–water partition coefficient (Wildman–Crippen LogP) is 1.04. The smallest absolute Gasteiger partial charge is 0.311 e. The van der Waals surface area contributed by atoms with Crippen LogP contribution < -0.4 is 0 Å². The number of carbonyl (C=O) groups is 2. The third-order valence-corrected chi connectivity index (χ3v) is 2.27. The van der Waals surface area contributed by atoms with Crippen LogP contribution in [0.25, 0.3) is 0 Å². The van der Waals surface area contributed by atoms with E-state index >= 15 is 0 Å². The molecule has 1 saturated carbocycles. The lowest BCUT2D eigenvalue weighted by Crippen LogP contribution is -2.39. The molecule has 0 aromatic heterocycles. The highest BCUT2D eigenvalue weighted by Gasteiger charge is 2.52. The monoisotopic (exact) mass is 215 g/mol. The second-order valence-corrected chi connectivity index (χ2v) is 4.97. The van der Waals surface area contributed by atoms with Gasteiger partial charge in [-0.05, 0) is 33.6 Å².